The van der Waals surface area contributed by atoms with E-state index in [1.165, 1.54) is 23.9 Å². The third-order valence-corrected chi connectivity index (χ3v) is 5.60. The largest absolute Gasteiger partial charge is 0.477 e. The highest BCUT2D eigenvalue weighted by molar-refractivity contribution is 7.99. The van der Waals surface area contributed by atoms with Gasteiger partial charge >= 0.3 is 5.97 Å². The number of hydrogen-bond acceptors (Lipinski definition) is 5. The van der Waals surface area contributed by atoms with Crippen LogP contribution < -0.4 is 0 Å². The van der Waals surface area contributed by atoms with Crippen molar-refractivity contribution in [2.75, 3.05) is 24.7 Å². The SMILES string of the molecule is CCN(CC)C(=O)C1CSCN1C(=O)c1ccc(C(=O)O)s1. The number of thioether (sulfide) groups is 1. The molecule has 6 nitrogen and oxygen atoms in total. The van der Waals surface area contributed by atoms with Crippen molar-refractivity contribution >= 4 is 40.9 Å². The Morgan fingerprint density at radius 2 is 1.91 bits per heavy atom. The predicted molar refractivity (Wildman–Crippen MR) is 86.5 cm³/mol. The molecule has 1 fully saturated rings. The summed E-state index contributed by atoms with van der Waals surface area (Å²) in [6.45, 7) is 5.05. The van der Waals surface area contributed by atoms with Crippen LogP contribution in [0, 0.1) is 0 Å². The van der Waals surface area contributed by atoms with Crippen molar-refractivity contribution in [1.82, 2.24) is 9.80 Å². The fraction of sp³-hybridized carbons (Fsp3) is 0.500. The predicted octanol–water partition coefficient (Wildman–Crippen LogP) is 1.83. The topological polar surface area (TPSA) is 77.9 Å². The Morgan fingerprint density at radius 1 is 1.27 bits per heavy atom. The van der Waals surface area contributed by atoms with Crippen molar-refractivity contribution < 1.29 is 19.5 Å². The van der Waals surface area contributed by atoms with Crippen molar-refractivity contribution in [1.29, 1.82) is 0 Å². The second kappa shape index (κ2) is 7.15. The van der Waals surface area contributed by atoms with Crippen LogP contribution in [0.15, 0.2) is 12.1 Å². The zero-order chi connectivity index (χ0) is 16.3. The summed E-state index contributed by atoms with van der Waals surface area (Å²) in [6, 6.07) is 2.47. The van der Waals surface area contributed by atoms with E-state index in [0.717, 1.165) is 11.3 Å². The van der Waals surface area contributed by atoms with E-state index in [4.69, 9.17) is 5.11 Å². The van der Waals surface area contributed by atoms with E-state index in [-0.39, 0.29) is 16.7 Å². The number of hydrogen-bond donors (Lipinski definition) is 1. The normalized spacial score (nSPS) is 17.5. The lowest BCUT2D eigenvalue weighted by Gasteiger charge is -2.28. The molecule has 1 atom stereocenters. The monoisotopic (exact) mass is 342 g/mol. The van der Waals surface area contributed by atoms with Gasteiger partial charge in [0.25, 0.3) is 5.91 Å². The third kappa shape index (κ3) is 3.27. The Kier molecular flexibility index (Phi) is 5.47. The number of carboxylic acids is 1. The van der Waals surface area contributed by atoms with E-state index in [0.29, 0.717) is 29.6 Å². The van der Waals surface area contributed by atoms with Gasteiger partial charge in [-0.25, -0.2) is 4.79 Å². The van der Waals surface area contributed by atoms with Crippen LogP contribution in [-0.2, 0) is 4.79 Å². The van der Waals surface area contributed by atoms with Crippen LogP contribution in [0.2, 0.25) is 0 Å². The van der Waals surface area contributed by atoms with Gasteiger partial charge in [0, 0.05) is 18.8 Å². The van der Waals surface area contributed by atoms with Gasteiger partial charge in [0.05, 0.1) is 10.8 Å². The zero-order valence-electron chi connectivity index (χ0n) is 12.4. The number of nitrogens with zero attached hydrogens (tertiary/aromatic N) is 2. The maximum Gasteiger partial charge on any atom is 0.345 e. The Hall–Kier alpha value is -1.54. The first-order valence-corrected chi connectivity index (χ1v) is 8.97. The van der Waals surface area contributed by atoms with Gasteiger partial charge in [-0.1, -0.05) is 0 Å². The number of thiophene rings is 1. The van der Waals surface area contributed by atoms with Gasteiger partial charge in [-0.3, -0.25) is 9.59 Å². The van der Waals surface area contributed by atoms with Crippen molar-refractivity contribution in [2.45, 2.75) is 19.9 Å². The van der Waals surface area contributed by atoms with E-state index < -0.39 is 12.0 Å². The first kappa shape index (κ1) is 16.8. The summed E-state index contributed by atoms with van der Waals surface area (Å²) in [5.41, 5.74) is 0. The van der Waals surface area contributed by atoms with Gasteiger partial charge in [0.1, 0.15) is 10.9 Å². The van der Waals surface area contributed by atoms with Crippen LogP contribution in [0.1, 0.15) is 33.2 Å². The molecule has 0 aromatic carbocycles. The number of aromatic carboxylic acids is 1. The molecule has 1 N–H and O–H groups in total. The van der Waals surface area contributed by atoms with Crippen LogP contribution in [0.25, 0.3) is 0 Å². The molecule has 2 rings (SSSR count). The van der Waals surface area contributed by atoms with E-state index in [1.54, 1.807) is 9.80 Å². The highest BCUT2D eigenvalue weighted by atomic mass is 32.2. The number of likely N-dealkylation sites (N-methyl/N-ethyl adjacent to an activating group) is 1. The molecular formula is C14H18N2O4S2. The molecule has 1 aromatic rings. The van der Waals surface area contributed by atoms with Crippen LogP contribution in [0.5, 0.6) is 0 Å². The average molecular weight is 342 g/mol. The Labute approximate surface area is 137 Å². The van der Waals surface area contributed by atoms with Crippen molar-refractivity contribution in [3.8, 4) is 0 Å². The molecule has 1 aliphatic heterocycles. The van der Waals surface area contributed by atoms with E-state index in [9.17, 15) is 14.4 Å². The number of rotatable bonds is 5. The van der Waals surface area contributed by atoms with Crippen molar-refractivity contribution in [3.63, 3.8) is 0 Å². The lowest BCUT2D eigenvalue weighted by atomic mass is 10.2. The molecule has 0 saturated carbocycles. The molecule has 1 saturated heterocycles. The molecule has 2 heterocycles. The Bertz CT molecular complexity index is 583. The second-order valence-corrected chi connectivity index (χ2v) is 6.85. The van der Waals surface area contributed by atoms with Gasteiger partial charge < -0.3 is 14.9 Å². The molecule has 120 valence electrons. The maximum absolute atomic E-state index is 12.6. The molecular weight excluding hydrogens is 324 g/mol. The zero-order valence-corrected chi connectivity index (χ0v) is 14.1. The number of carbonyl (C=O) groups is 3. The molecule has 0 radical (unpaired) electrons. The molecule has 1 unspecified atom stereocenters. The van der Waals surface area contributed by atoms with Crippen LogP contribution in [-0.4, -0.2) is 63.5 Å². The molecule has 2 amide bonds. The Morgan fingerprint density at radius 3 is 2.45 bits per heavy atom. The molecule has 8 heteroatoms. The summed E-state index contributed by atoms with van der Waals surface area (Å²) in [6.07, 6.45) is 0. The smallest absolute Gasteiger partial charge is 0.345 e. The van der Waals surface area contributed by atoms with Crippen LogP contribution >= 0.6 is 23.1 Å². The number of carboxylic acid groups (broad SMARTS) is 1. The minimum atomic E-state index is -1.05. The van der Waals surface area contributed by atoms with Gasteiger partial charge in [-0.05, 0) is 26.0 Å². The van der Waals surface area contributed by atoms with Crippen molar-refractivity contribution in [2.24, 2.45) is 0 Å². The number of carbonyl (C=O) groups excluding carboxylic acids is 2. The van der Waals surface area contributed by atoms with Gasteiger partial charge in [0.2, 0.25) is 5.91 Å². The first-order valence-electron chi connectivity index (χ1n) is 7.00. The average Bonchev–Trinajstić information content (AvgIpc) is 3.17. The quantitative estimate of drug-likeness (QED) is 0.883. The summed E-state index contributed by atoms with van der Waals surface area (Å²) >= 11 is 2.48. The van der Waals surface area contributed by atoms with Crippen LogP contribution in [0.4, 0.5) is 0 Å². The molecule has 0 aliphatic carbocycles. The van der Waals surface area contributed by atoms with Gasteiger partial charge in [0.15, 0.2) is 0 Å². The third-order valence-electron chi connectivity index (χ3n) is 3.53. The van der Waals surface area contributed by atoms with E-state index >= 15 is 0 Å². The summed E-state index contributed by atoms with van der Waals surface area (Å²) in [5, 5.41) is 8.94. The maximum atomic E-state index is 12.6. The highest BCUT2D eigenvalue weighted by Gasteiger charge is 2.37. The Balaban J connectivity index is 2.17. The fourth-order valence-corrected chi connectivity index (χ4v) is 4.25. The van der Waals surface area contributed by atoms with Crippen LogP contribution in [0.3, 0.4) is 0 Å². The molecule has 1 aliphatic rings. The summed E-state index contributed by atoms with van der Waals surface area (Å²) < 4.78 is 0. The lowest BCUT2D eigenvalue weighted by molar-refractivity contribution is -0.134. The number of amides is 2. The lowest BCUT2D eigenvalue weighted by Crippen LogP contribution is -2.48. The van der Waals surface area contributed by atoms with E-state index in [1.807, 2.05) is 13.8 Å². The standard InChI is InChI=1S/C14H18N2O4S2/c1-3-15(4-2)12(17)9-7-21-8-16(9)13(18)10-5-6-11(22-10)14(19)20/h5-6,9H,3-4,7-8H2,1-2H3,(H,19,20). The van der Waals surface area contributed by atoms with Crippen molar-refractivity contribution in [3.05, 3.63) is 21.9 Å². The van der Waals surface area contributed by atoms with Gasteiger partial charge in [-0.15, -0.1) is 23.1 Å². The second-order valence-electron chi connectivity index (χ2n) is 4.77. The summed E-state index contributed by atoms with van der Waals surface area (Å²) in [4.78, 5) is 39.7. The molecule has 1 aromatic heterocycles. The first-order chi connectivity index (χ1) is 10.5. The molecule has 22 heavy (non-hydrogen) atoms. The van der Waals surface area contributed by atoms with E-state index in [2.05, 4.69) is 0 Å². The molecule has 0 bridgehead atoms. The van der Waals surface area contributed by atoms with Gasteiger partial charge in [-0.2, -0.15) is 0 Å². The minimum Gasteiger partial charge on any atom is -0.477 e. The minimum absolute atomic E-state index is 0.0432. The molecule has 0 spiro atoms. The fourth-order valence-electron chi connectivity index (χ4n) is 2.30. The summed E-state index contributed by atoms with van der Waals surface area (Å²) in [5.74, 6) is -0.323. The summed E-state index contributed by atoms with van der Waals surface area (Å²) in [7, 11) is 0. The highest BCUT2D eigenvalue weighted by Crippen LogP contribution is 2.27.